The summed E-state index contributed by atoms with van der Waals surface area (Å²) in [7, 11) is 0. The molecule has 1 saturated carbocycles. The Morgan fingerprint density at radius 2 is 2.36 bits per heavy atom. The van der Waals surface area contributed by atoms with Gasteiger partial charge in [0.1, 0.15) is 5.60 Å². The highest BCUT2D eigenvalue weighted by Gasteiger charge is 2.69. The first-order valence-corrected chi connectivity index (χ1v) is 4.08. The lowest BCUT2D eigenvalue weighted by Crippen LogP contribution is -2.21. The molecule has 0 N–H and O–H groups in total. The number of rotatable bonds is 4. The van der Waals surface area contributed by atoms with E-state index in [1.165, 1.54) is 0 Å². The highest BCUT2D eigenvalue weighted by atomic mass is 35.5. The molecule has 0 saturated heterocycles. The molecule has 1 rings (SSSR count). The third-order valence-corrected chi connectivity index (χ3v) is 2.42. The summed E-state index contributed by atoms with van der Waals surface area (Å²) in [6.07, 6.45) is 2.40. The fourth-order valence-electron chi connectivity index (χ4n) is 1.26. The predicted molar refractivity (Wildman–Crippen MR) is 43.5 cm³/mol. The van der Waals surface area contributed by atoms with Crippen molar-refractivity contribution in [2.45, 2.75) is 30.5 Å². The van der Waals surface area contributed by atoms with E-state index in [-0.39, 0.29) is 6.42 Å². The fraction of sp³-hybridized carbons (Fsp3) is 0.750. The molecular formula is C8H12ClFO. The molecule has 0 aromatic rings. The maximum atomic E-state index is 13.1. The van der Waals surface area contributed by atoms with E-state index >= 15 is 0 Å². The van der Waals surface area contributed by atoms with Crippen LogP contribution >= 0.6 is 11.6 Å². The van der Waals surface area contributed by atoms with Gasteiger partial charge in [-0.3, -0.25) is 0 Å². The molecule has 1 aliphatic rings. The molecule has 2 unspecified atom stereocenters. The standard InChI is InChI=1S/C8H12ClFO/c1-3-5-7(11-4-2)6-8(7,9)10/h3H,1,4-6H2,2H3. The van der Waals surface area contributed by atoms with Gasteiger partial charge in [-0.05, 0) is 13.3 Å². The normalized spacial score (nSPS) is 42.1. The molecule has 1 aliphatic carbocycles. The Bertz CT molecular complexity index is 169. The molecular weight excluding hydrogens is 167 g/mol. The van der Waals surface area contributed by atoms with Crippen LogP contribution in [0.5, 0.6) is 0 Å². The van der Waals surface area contributed by atoms with Gasteiger partial charge in [0.25, 0.3) is 0 Å². The van der Waals surface area contributed by atoms with E-state index in [4.69, 9.17) is 16.3 Å². The maximum absolute atomic E-state index is 13.1. The third kappa shape index (κ3) is 1.42. The van der Waals surface area contributed by atoms with Crippen LogP contribution in [-0.4, -0.2) is 17.3 Å². The molecule has 0 aliphatic heterocycles. The van der Waals surface area contributed by atoms with Crippen molar-refractivity contribution in [3.05, 3.63) is 12.7 Å². The second kappa shape index (κ2) is 2.76. The van der Waals surface area contributed by atoms with E-state index < -0.39 is 10.7 Å². The van der Waals surface area contributed by atoms with Crippen molar-refractivity contribution < 1.29 is 9.13 Å². The van der Waals surface area contributed by atoms with Crippen LogP contribution in [0.2, 0.25) is 0 Å². The van der Waals surface area contributed by atoms with Crippen molar-refractivity contribution in [3.63, 3.8) is 0 Å². The first-order chi connectivity index (χ1) is 5.08. The Morgan fingerprint density at radius 3 is 2.64 bits per heavy atom. The molecule has 0 bridgehead atoms. The van der Waals surface area contributed by atoms with Gasteiger partial charge in [-0.2, -0.15) is 0 Å². The van der Waals surface area contributed by atoms with Crippen LogP contribution in [-0.2, 0) is 4.74 Å². The molecule has 0 aromatic carbocycles. The van der Waals surface area contributed by atoms with Gasteiger partial charge in [0, 0.05) is 13.0 Å². The molecule has 1 fully saturated rings. The molecule has 3 heteroatoms. The number of hydrogen-bond acceptors (Lipinski definition) is 1. The first-order valence-electron chi connectivity index (χ1n) is 3.71. The Labute approximate surface area is 71.2 Å². The summed E-state index contributed by atoms with van der Waals surface area (Å²) in [4.78, 5) is 0. The zero-order valence-corrected chi connectivity index (χ0v) is 7.33. The van der Waals surface area contributed by atoms with E-state index in [0.29, 0.717) is 13.0 Å². The van der Waals surface area contributed by atoms with Crippen LogP contribution in [0.1, 0.15) is 19.8 Å². The van der Waals surface area contributed by atoms with Crippen LogP contribution in [0.3, 0.4) is 0 Å². The average Bonchev–Trinajstić information content (AvgIpc) is 2.35. The average molecular weight is 179 g/mol. The van der Waals surface area contributed by atoms with E-state index in [2.05, 4.69) is 6.58 Å². The minimum Gasteiger partial charge on any atom is -0.370 e. The number of hydrogen-bond donors (Lipinski definition) is 0. The third-order valence-electron chi connectivity index (χ3n) is 1.94. The van der Waals surface area contributed by atoms with Gasteiger partial charge >= 0.3 is 0 Å². The maximum Gasteiger partial charge on any atom is 0.215 e. The molecule has 0 radical (unpaired) electrons. The minimum absolute atomic E-state index is 0.279. The van der Waals surface area contributed by atoms with Crippen LogP contribution in [0.25, 0.3) is 0 Å². The lowest BCUT2D eigenvalue weighted by molar-refractivity contribution is 0.0177. The van der Waals surface area contributed by atoms with Gasteiger partial charge in [-0.1, -0.05) is 17.7 Å². The van der Waals surface area contributed by atoms with Gasteiger partial charge in [0.2, 0.25) is 5.13 Å². The summed E-state index contributed by atoms with van der Waals surface area (Å²) < 4.78 is 18.3. The quantitative estimate of drug-likeness (QED) is 0.475. The summed E-state index contributed by atoms with van der Waals surface area (Å²) in [5.41, 5.74) is -0.773. The summed E-state index contributed by atoms with van der Waals surface area (Å²) in [5, 5.41) is -1.66. The van der Waals surface area contributed by atoms with E-state index in [1.807, 2.05) is 6.92 Å². The van der Waals surface area contributed by atoms with E-state index in [0.717, 1.165) is 0 Å². The van der Waals surface area contributed by atoms with Crippen molar-refractivity contribution in [3.8, 4) is 0 Å². The summed E-state index contributed by atoms with van der Waals surface area (Å²) >= 11 is 5.48. The molecule has 1 nitrogen and oxygen atoms in total. The Hall–Kier alpha value is -0.0800. The summed E-state index contributed by atoms with van der Waals surface area (Å²) in [6.45, 7) is 5.85. The molecule has 0 amide bonds. The zero-order chi connectivity index (χ0) is 8.54. The smallest absolute Gasteiger partial charge is 0.215 e. The molecule has 11 heavy (non-hydrogen) atoms. The van der Waals surface area contributed by atoms with Gasteiger partial charge < -0.3 is 4.74 Å². The van der Waals surface area contributed by atoms with Crippen LogP contribution < -0.4 is 0 Å². The van der Waals surface area contributed by atoms with Gasteiger partial charge in [-0.15, -0.1) is 6.58 Å². The SMILES string of the molecule is C=CCC1(OCC)CC1(F)Cl. The van der Waals surface area contributed by atoms with Crippen molar-refractivity contribution in [1.29, 1.82) is 0 Å². The van der Waals surface area contributed by atoms with Gasteiger partial charge in [0.05, 0.1) is 0 Å². The highest BCUT2D eigenvalue weighted by Crippen LogP contribution is 2.59. The molecule has 0 spiro atoms. The molecule has 64 valence electrons. The van der Waals surface area contributed by atoms with Crippen molar-refractivity contribution in [2.24, 2.45) is 0 Å². The second-order valence-electron chi connectivity index (χ2n) is 2.80. The first kappa shape index (κ1) is 9.01. The van der Waals surface area contributed by atoms with E-state index in [1.54, 1.807) is 6.08 Å². The van der Waals surface area contributed by atoms with Crippen LogP contribution in [0, 0.1) is 0 Å². The summed E-state index contributed by atoms with van der Waals surface area (Å²) in [6, 6.07) is 0. The minimum atomic E-state index is -1.66. The number of ether oxygens (including phenoxy) is 1. The topological polar surface area (TPSA) is 9.23 Å². The highest BCUT2D eigenvalue weighted by molar-refractivity contribution is 6.26. The largest absolute Gasteiger partial charge is 0.370 e. The van der Waals surface area contributed by atoms with Gasteiger partial charge in [-0.25, -0.2) is 4.39 Å². The van der Waals surface area contributed by atoms with Crippen LogP contribution in [0.15, 0.2) is 12.7 Å². The monoisotopic (exact) mass is 178 g/mol. The Kier molecular flexibility index (Phi) is 2.26. The summed E-state index contributed by atoms with van der Waals surface area (Å²) in [5.74, 6) is 0. The molecule has 2 atom stereocenters. The number of alkyl halides is 2. The lowest BCUT2D eigenvalue weighted by atomic mass is 10.2. The van der Waals surface area contributed by atoms with Crippen molar-refractivity contribution >= 4 is 11.6 Å². The number of halogens is 2. The van der Waals surface area contributed by atoms with Crippen LogP contribution in [0.4, 0.5) is 4.39 Å². The fourth-order valence-corrected chi connectivity index (χ4v) is 1.61. The predicted octanol–water partition coefficient (Wildman–Crippen LogP) is 2.65. The van der Waals surface area contributed by atoms with Gasteiger partial charge in [0.15, 0.2) is 0 Å². The Balaban J connectivity index is 2.55. The second-order valence-corrected chi connectivity index (χ2v) is 3.40. The zero-order valence-electron chi connectivity index (χ0n) is 6.57. The molecule has 0 heterocycles. The Morgan fingerprint density at radius 1 is 1.82 bits per heavy atom. The van der Waals surface area contributed by atoms with Crippen molar-refractivity contribution in [2.75, 3.05) is 6.61 Å². The lowest BCUT2D eigenvalue weighted by Gasteiger charge is -2.14. The van der Waals surface area contributed by atoms with Crippen molar-refractivity contribution in [1.82, 2.24) is 0 Å². The molecule has 0 aromatic heterocycles. The van der Waals surface area contributed by atoms with E-state index in [9.17, 15) is 4.39 Å².